The van der Waals surface area contributed by atoms with Crippen molar-refractivity contribution in [1.29, 1.82) is 0 Å². The van der Waals surface area contributed by atoms with Gasteiger partial charge in [0.25, 0.3) is 0 Å². The summed E-state index contributed by atoms with van der Waals surface area (Å²) >= 11 is 0. The zero-order valence-electron chi connectivity index (χ0n) is 18.5. The molecule has 2 nitrogen and oxygen atoms in total. The molecule has 0 atom stereocenters. The van der Waals surface area contributed by atoms with Crippen molar-refractivity contribution in [1.82, 2.24) is 0 Å². The molecule has 1 fully saturated rings. The van der Waals surface area contributed by atoms with Crippen molar-refractivity contribution in [3.05, 3.63) is 33.9 Å². The van der Waals surface area contributed by atoms with E-state index in [-0.39, 0.29) is 5.41 Å². The number of aliphatic carboxylic acids is 1. The maximum atomic E-state index is 11.4. The lowest BCUT2D eigenvalue weighted by atomic mass is 9.85. The molecule has 0 spiro atoms. The lowest BCUT2D eigenvalue weighted by Crippen LogP contribution is -2.14. The highest BCUT2D eigenvalue weighted by Gasteiger charge is 2.49. The monoisotopic (exact) mass is 372 g/mol. The molecule has 0 heterocycles. The largest absolute Gasteiger partial charge is 0.481 e. The summed E-state index contributed by atoms with van der Waals surface area (Å²) in [6.07, 6.45) is 10.9. The van der Waals surface area contributed by atoms with Crippen LogP contribution in [0.15, 0.2) is 6.07 Å². The number of carbonyl (C=O) groups is 1. The van der Waals surface area contributed by atoms with Crippen LogP contribution in [0.25, 0.3) is 0 Å². The van der Waals surface area contributed by atoms with E-state index in [2.05, 4.69) is 47.6 Å². The molecule has 152 valence electrons. The van der Waals surface area contributed by atoms with Gasteiger partial charge in [0.15, 0.2) is 0 Å². The van der Waals surface area contributed by atoms with Crippen LogP contribution in [0.2, 0.25) is 0 Å². The number of unbranched alkanes of at least 4 members (excludes halogenated alkanes) is 2. The molecule has 0 unspecified atom stereocenters. The van der Waals surface area contributed by atoms with Crippen LogP contribution in [0, 0.1) is 31.6 Å². The Kier molecular flexibility index (Phi) is 7.16. The lowest BCUT2D eigenvalue weighted by molar-refractivity contribution is -0.143. The van der Waals surface area contributed by atoms with Gasteiger partial charge in [0.05, 0.1) is 5.41 Å². The first-order chi connectivity index (χ1) is 12.6. The first-order valence-corrected chi connectivity index (χ1v) is 10.9. The molecule has 0 saturated heterocycles. The van der Waals surface area contributed by atoms with Crippen molar-refractivity contribution in [2.75, 3.05) is 0 Å². The summed E-state index contributed by atoms with van der Waals surface area (Å²) in [5.74, 6) is -0.579. The maximum absolute atomic E-state index is 11.4. The zero-order valence-corrected chi connectivity index (χ0v) is 18.5. The van der Waals surface area contributed by atoms with Gasteiger partial charge >= 0.3 is 5.97 Å². The van der Waals surface area contributed by atoms with E-state index in [0.717, 1.165) is 38.5 Å². The van der Waals surface area contributed by atoms with E-state index in [1.165, 1.54) is 47.9 Å². The van der Waals surface area contributed by atoms with Gasteiger partial charge in [-0.3, -0.25) is 4.79 Å². The van der Waals surface area contributed by atoms with Gasteiger partial charge in [-0.15, -0.1) is 0 Å². The molecule has 0 amide bonds. The summed E-state index contributed by atoms with van der Waals surface area (Å²) in [6, 6.07) is 2.34. The third-order valence-corrected chi connectivity index (χ3v) is 6.56. The highest BCUT2D eigenvalue weighted by atomic mass is 16.4. The molecule has 1 aromatic rings. The van der Waals surface area contributed by atoms with Gasteiger partial charge in [0.2, 0.25) is 0 Å². The Hall–Kier alpha value is -1.31. The molecular formula is C25H40O2. The number of benzene rings is 1. The number of hydrogen-bond acceptors (Lipinski definition) is 1. The maximum Gasteiger partial charge on any atom is 0.309 e. The molecule has 0 aromatic heterocycles. The normalized spacial score (nSPS) is 15.8. The van der Waals surface area contributed by atoms with Gasteiger partial charge in [-0.1, -0.05) is 39.7 Å². The first-order valence-electron chi connectivity index (χ1n) is 10.9. The minimum atomic E-state index is -0.579. The minimum Gasteiger partial charge on any atom is -0.481 e. The third-order valence-electron chi connectivity index (χ3n) is 6.56. The molecule has 1 saturated carbocycles. The van der Waals surface area contributed by atoms with E-state index in [4.69, 9.17) is 0 Å². The van der Waals surface area contributed by atoms with E-state index in [0.29, 0.717) is 5.41 Å². The summed E-state index contributed by atoms with van der Waals surface area (Å²) in [5.41, 5.74) is 7.45. The Morgan fingerprint density at radius 3 is 2.11 bits per heavy atom. The van der Waals surface area contributed by atoms with E-state index >= 15 is 0 Å². The van der Waals surface area contributed by atoms with E-state index < -0.39 is 5.97 Å². The Labute approximate surface area is 166 Å². The predicted molar refractivity (Wildman–Crippen MR) is 115 cm³/mol. The second-order valence-electron chi connectivity index (χ2n) is 10.2. The SMILES string of the molecule is Cc1cc(C)c(CCCCC2(C(=O)O)CC2)c(CCCCC(C)(C)C)c1C. The van der Waals surface area contributed by atoms with E-state index in [1.807, 2.05) is 0 Å². The molecular weight excluding hydrogens is 332 g/mol. The molecule has 1 aromatic carbocycles. The van der Waals surface area contributed by atoms with Crippen LogP contribution in [-0.4, -0.2) is 11.1 Å². The molecule has 0 bridgehead atoms. The molecule has 1 aliphatic carbocycles. The average Bonchev–Trinajstić information content (AvgIpc) is 3.34. The highest BCUT2D eigenvalue weighted by molar-refractivity contribution is 5.77. The van der Waals surface area contributed by atoms with Gasteiger partial charge in [-0.05, 0) is 105 Å². The smallest absolute Gasteiger partial charge is 0.309 e. The van der Waals surface area contributed by atoms with Gasteiger partial charge in [-0.2, -0.15) is 0 Å². The quantitative estimate of drug-likeness (QED) is 0.451. The Morgan fingerprint density at radius 1 is 0.963 bits per heavy atom. The summed E-state index contributed by atoms with van der Waals surface area (Å²) < 4.78 is 0. The van der Waals surface area contributed by atoms with Gasteiger partial charge < -0.3 is 5.11 Å². The fourth-order valence-electron chi connectivity index (χ4n) is 4.35. The first kappa shape index (κ1) is 22.0. The molecule has 2 heteroatoms. The van der Waals surface area contributed by atoms with Crippen LogP contribution in [0.5, 0.6) is 0 Å². The van der Waals surface area contributed by atoms with Gasteiger partial charge in [-0.25, -0.2) is 0 Å². The van der Waals surface area contributed by atoms with Gasteiger partial charge in [0.1, 0.15) is 0 Å². The van der Waals surface area contributed by atoms with Gasteiger partial charge in [0, 0.05) is 0 Å². The highest BCUT2D eigenvalue weighted by Crippen LogP contribution is 2.50. The summed E-state index contributed by atoms with van der Waals surface area (Å²) in [5, 5.41) is 9.35. The number of carboxylic acid groups (broad SMARTS) is 1. The Bertz CT molecular complexity index is 660. The fraction of sp³-hybridized carbons (Fsp3) is 0.720. The van der Waals surface area contributed by atoms with E-state index in [9.17, 15) is 9.90 Å². The van der Waals surface area contributed by atoms with Crippen LogP contribution in [0.3, 0.4) is 0 Å². The Balaban J connectivity index is 1.97. The molecule has 1 N–H and O–H groups in total. The van der Waals surface area contributed by atoms with Crippen molar-refractivity contribution in [3.63, 3.8) is 0 Å². The zero-order chi connectivity index (χ0) is 20.2. The minimum absolute atomic E-state index is 0.367. The summed E-state index contributed by atoms with van der Waals surface area (Å²) in [4.78, 5) is 11.4. The van der Waals surface area contributed by atoms with Crippen LogP contribution >= 0.6 is 0 Å². The number of rotatable bonds is 10. The summed E-state index contributed by atoms with van der Waals surface area (Å²) in [6.45, 7) is 13.7. The number of carboxylic acids is 1. The van der Waals surface area contributed by atoms with Crippen molar-refractivity contribution in [2.24, 2.45) is 10.8 Å². The lowest BCUT2D eigenvalue weighted by Gasteiger charge is -2.20. The predicted octanol–water partition coefficient (Wildman–Crippen LogP) is 6.95. The van der Waals surface area contributed by atoms with Crippen molar-refractivity contribution < 1.29 is 9.90 Å². The number of aryl methyl sites for hydroxylation is 2. The van der Waals surface area contributed by atoms with Crippen molar-refractivity contribution in [2.45, 2.75) is 106 Å². The number of hydrogen-bond donors (Lipinski definition) is 1. The molecule has 27 heavy (non-hydrogen) atoms. The average molecular weight is 373 g/mol. The van der Waals surface area contributed by atoms with Crippen LogP contribution in [0.4, 0.5) is 0 Å². The fourth-order valence-corrected chi connectivity index (χ4v) is 4.35. The second-order valence-corrected chi connectivity index (χ2v) is 10.2. The molecule has 2 rings (SSSR count). The Morgan fingerprint density at radius 2 is 1.56 bits per heavy atom. The molecule has 0 radical (unpaired) electrons. The van der Waals surface area contributed by atoms with E-state index in [1.54, 1.807) is 5.56 Å². The van der Waals surface area contributed by atoms with Crippen LogP contribution in [-0.2, 0) is 17.6 Å². The van der Waals surface area contributed by atoms with Crippen LogP contribution < -0.4 is 0 Å². The standard InChI is InChI=1S/C25H40O2/c1-18-17-19(2)21(11-8-10-14-25(15-16-25)23(26)27)22(20(18)3)12-7-9-13-24(4,5)6/h17H,7-16H2,1-6H3,(H,26,27). The second kappa shape index (κ2) is 8.80. The summed E-state index contributed by atoms with van der Waals surface area (Å²) in [7, 11) is 0. The van der Waals surface area contributed by atoms with Crippen molar-refractivity contribution >= 4 is 5.97 Å². The van der Waals surface area contributed by atoms with Crippen molar-refractivity contribution in [3.8, 4) is 0 Å². The third kappa shape index (κ3) is 6.09. The molecule has 1 aliphatic rings. The van der Waals surface area contributed by atoms with Crippen LogP contribution in [0.1, 0.15) is 100.0 Å². The topological polar surface area (TPSA) is 37.3 Å². The molecule has 0 aliphatic heterocycles.